The van der Waals surface area contributed by atoms with E-state index in [1.165, 1.54) is 17.5 Å². The summed E-state index contributed by atoms with van der Waals surface area (Å²) >= 11 is 0. The van der Waals surface area contributed by atoms with E-state index >= 15 is 0 Å². The Morgan fingerprint density at radius 1 is 1.26 bits per heavy atom. The predicted octanol–water partition coefficient (Wildman–Crippen LogP) is 2.01. The number of likely N-dealkylation sites (tertiary alicyclic amines) is 1. The molecule has 104 valence electrons. The number of aliphatic hydroxyl groups is 1. The van der Waals surface area contributed by atoms with Crippen LogP contribution >= 0.6 is 0 Å². The topological polar surface area (TPSA) is 32.7 Å². The van der Waals surface area contributed by atoms with Crippen LogP contribution in [0.4, 0.5) is 0 Å². The number of ether oxygens (including phenoxy) is 1. The number of piperidine rings is 1. The minimum Gasteiger partial charge on any atom is -0.497 e. The smallest absolute Gasteiger partial charge is 0.119 e. The molecule has 1 aromatic carbocycles. The van der Waals surface area contributed by atoms with E-state index in [1.54, 1.807) is 7.11 Å². The van der Waals surface area contributed by atoms with Gasteiger partial charge in [0.05, 0.1) is 13.2 Å². The van der Waals surface area contributed by atoms with Crippen molar-refractivity contribution in [1.29, 1.82) is 0 Å². The van der Waals surface area contributed by atoms with Gasteiger partial charge in [-0.3, -0.25) is 4.90 Å². The molecule has 1 N–H and O–H groups in total. The molecule has 0 bridgehead atoms. The Hall–Kier alpha value is -1.06. The van der Waals surface area contributed by atoms with E-state index in [9.17, 15) is 5.11 Å². The van der Waals surface area contributed by atoms with Crippen LogP contribution in [0.5, 0.6) is 5.75 Å². The molecule has 1 fully saturated rings. The van der Waals surface area contributed by atoms with E-state index in [4.69, 9.17) is 4.74 Å². The third-order valence-electron chi connectivity index (χ3n) is 4.56. The number of methoxy groups -OCH3 is 1. The summed E-state index contributed by atoms with van der Waals surface area (Å²) in [5, 5.41) is 9.82. The molecule has 0 unspecified atom stereocenters. The lowest BCUT2D eigenvalue weighted by Gasteiger charge is -2.39. The van der Waals surface area contributed by atoms with E-state index in [0.717, 1.165) is 44.5 Å². The molecule has 0 saturated carbocycles. The Balaban J connectivity index is 1.71. The van der Waals surface area contributed by atoms with Crippen LogP contribution in [0.2, 0.25) is 0 Å². The van der Waals surface area contributed by atoms with Crippen LogP contribution in [0.25, 0.3) is 0 Å². The molecule has 0 aromatic heterocycles. The first-order valence-electron chi connectivity index (χ1n) is 7.34. The van der Waals surface area contributed by atoms with Crippen molar-refractivity contribution in [3.8, 4) is 5.75 Å². The summed E-state index contributed by atoms with van der Waals surface area (Å²) < 4.78 is 5.29. The van der Waals surface area contributed by atoms with Gasteiger partial charge in [0.1, 0.15) is 5.75 Å². The molecular weight excluding hydrogens is 238 g/mol. The number of benzene rings is 1. The Bertz CT molecular complexity index is 446. The van der Waals surface area contributed by atoms with Crippen molar-refractivity contribution in [2.75, 3.05) is 20.2 Å². The van der Waals surface area contributed by atoms with Gasteiger partial charge >= 0.3 is 0 Å². The van der Waals surface area contributed by atoms with Crippen LogP contribution < -0.4 is 4.74 Å². The quantitative estimate of drug-likeness (QED) is 0.884. The van der Waals surface area contributed by atoms with Crippen molar-refractivity contribution in [3.63, 3.8) is 0 Å². The van der Waals surface area contributed by atoms with Gasteiger partial charge in [0, 0.05) is 12.6 Å². The Morgan fingerprint density at radius 3 is 2.95 bits per heavy atom. The maximum absolute atomic E-state index is 9.82. The van der Waals surface area contributed by atoms with Gasteiger partial charge in [0.15, 0.2) is 0 Å². The third-order valence-corrected chi connectivity index (χ3v) is 4.56. The number of fused-ring (bicyclic) bond motifs is 1. The molecule has 0 radical (unpaired) electrons. The lowest BCUT2D eigenvalue weighted by Crippen LogP contribution is -2.46. The number of β-amino-alcohol motifs (C(OH)–C–C–N with tert-alkyl or cyclic N) is 1. The zero-order valence-corrected chi connectivity index (χ0v) is 11.6. The van der Waals surface area contributed by atoms with Gasteiger partial charge in [-0.05, 0) is 61.9 Å². The minimum atomic E-state index is -0.119. The van der Waals surface area contributed by atoms with E-state index in [-0.39, 0.29) is 6.10 Å². The van der Waals surface area contributed by atoms with E-state index < -0.39 is 0 Å². The Labute approximate surface area is 115 Å². The summed E-state index contributed by atoms with van der Waals surface area (Å²) in [5.41, 5.74) is 2.89. The van der Waals surface area contributed by atoms with Gasteiger partial charge in [-0.15, -0.1) is 0 Å². The number of hydrogen-bond acceptors (Lipinski definition) is 3. The molecule has 2 aliphatic rings. The molecule has 1 aliphatic heterocycles. The third kappa shape index (κ3) is 2.77. The molecule has 2 atom stereocenters. The molecule has 0 spiro atoms. The highest BCUT2D eigenvalue weighted by molar-refractivity contribution is 5.37. The molecule has 1 saturated heterocycles. The van der Waals surface area contributed by atoms with Crippen molar-refractivity contribution in [1.82, 2.24) is 4.90 Å². The lowest BCUT2D eigenvalue weighted by atomic mass is 9.86. The standard InChI is InChI=1S/C16H23NO2/c1-19-16-7-5-12-9-14(6-4-13(12)10-16)17-8-2-3-15(18)11-17/h5,7,10,14-15,18H,2-4,6,8-9,11H2,1H3/t14-,15-/m0/s1. The Kier molecular flexibility index (Phi) is 3.76. The zero-order valence-electron chi connectivity index (χ0n) is 11.6. The first-order chi connectivity index (χ1) is 9.26. The fourth-order valence-corrected chi connectivity index (χ4v) is 3.47. The van der Waals surface area contributed by atoms with Crippen molar-refractivity contribution in [3.05, 3.63) is 29.3 Å². The second kappa shape index (κ2) is 5.51. The van der Waals surface area contributed by atoms with Crippen LogP contribution in [-0.2, 0) is 12.8 Å². The van der Waals surface area contributed by atoms with Gasteiger partial charge in [0.2, 0.25) is 0 Å². The number of nitrogens with zero attached hydrogens (tertiary/aromatic N) is 1. The van der Waals surface area contributed by atoms with E-state index in [2.05, 4.69) is 23.1 Å². The molecule has 1 aromatic rings. The van der Waals surface area contributed by atoms with Crippen molar-refractivity contribution < 1.29 is 9.84 Å². The van der Waals surface area contributed by atoms with Gasteiger partial charge in [-0.1, -0.05) is 6.07 Å². The maximum atomic E-state index is 9.82. The molecule has 3 nitrogen and oxygen atoms in total. The summed E-state index contributed by atoms with van der Waals surface area (Å²) in [6.45, 7) is 2.00. The van der Waals surface area contributed by atoms with E-state index in [1.807, 2.05) is 0 Å². The normalized spacial score (nSPS) is 27.9. The molecule has 3 heteroatoms. The summed E-state index contributed by atoms with van der Waals surface area (Å²) in [7, 11) is 1.72. The number of aliphatic hydroxyl groups excluding tert-OH is 1. The first kappa shape index (κ1) is 12.9. The number of rotatable bonds is 2. The van der Waals surface area contributed by atoms with Gasteiger partial charge < -0.3 is 9.84 Å². The van der Waals surface area contributed by atoms with Gasteiger partial charge in [-0.2, -0.15) is 0 Å². The number of hydrogen-bond donors (Lipinski definition) is 1. The SMILES string of the molecule is COc1ccc2c(c1)CC[C@H](N1CCC[C@H](O)C1)C2. The molecule has 0 amide bonds. The second-order valence-electron chi connectivity index (χ2n) is 5.82. The molecule has 3 rings (SSSR count). The predicted molar refractivity (Wildman–Crippen MR) is 75.6 cm³/mol. The zero-order chi connectivity index (χ0) is 13.2. The molecule has 19 heavy (non-hydrogen) atoms. The molecule has 1 aliphatic carbocycles. The van der Waals surface area contributed by atoms with Crippen LogP contribution in [0.1, 0.15) is 30.4 Å². The Morgan fingerprint density at radius 2 is 2.16 bits per heavy atom. The average Bonchev–Trinajstić information content (AvgIpc) is 2.46. The summed E-state index contributed by atoms with van der Waals surface area (Å²) in [6, 6.07) is 7.06. The van der Waals surface area contributed by atoms with Gasteiger partial charge in [-0.25, -0.2) is 0 Å². The van der Waals surface area contributed by atoms with Crippen LogP contribution in [0, 0.1) is 0 Å². The highest BCUT2D eigenvalue weighted by atomic mass is 16.5. The van der Waals surface area contributed by atoms with Gasteiger partial charge in [0.25, 0.3) is 0 Å². The van der Waals surface area contributed by atoms with Crippen LogP contribution in [0.3, 0.4) is 0 Å². The largest absolute Gasteiger partial charge is 0.497 e. The minimum absolute atomic E-state index is 0.119. The lowest BCUT2D eigenvalue weighted by molar-refractivity contribution is 0.0426. The van der Waals surface area contributed by atoms with Crippen LogP contribution in [-0.4, -0.2) is 42.4 Å². The summed E-state index contributed by atoms with van der Waals surface area (Å²) in [4.78, 5) is 2.49. The monoisotopic (exact) mass is 261 g/mol. The number of aryl methyl sites for hydroxylation is 1. The summed E-state index contributed by atoms with van der Waals surface area (Å²) in [6.07, 6.45) is 5.43. The highest BCUT2D eigenvalue weighted by Gasteiger charge is 2.28. The van der Waals surface area contributed by atoms with E-state index in [0.29, 0.717) is 6.04 Å². The van der Waals surface area contributed by atoms with Crippen molar-refractivity contribution >= 4 is 0 Å². The average molecular weight is 261 g/mol. The van der Waals surface area contributed by atoms with Crippen molar-refractivity contribution in [2.24, 2.45) is 0 Å². The maximum Gasteiger partial charge on any atom is 0.119 e. The fourth-order valence-electron chi connectivity index (χ4n) is 3.47. The highest BCUT2D eigenvalue weighted by Crippen LogP contribution is 2.29. The first-order valence-corrected chi connectivity index (χ1v) is 7.34. The second-order valence-corrected chi connectivity index (χ2v) is 5.82. The molecular formula is C16H23NO2. The van der Waals surface area contributed by atoms with Crippen LogP contribution in [0.15, 0.2) is 18.2 Å². The fraction of sp³-hybridized carbons (Fsp3) is 0.625. The molecule has 1 heterocycles. The summed E-state index contributed by atoms with van der Waals surface area (Å²) in [5.74, 6) is 0.964. The van der Waals surface area contributed by atoms with Crippen molar-refractivity contribution in [2.45, 2.75) is 44.2 Å².